The molecule has 1 heterocycles. The third-order valence-corrected chi connectivity index (χ3v) is 5.25. The van der Waals surface area contributed by atoms with Crippen molar-refractivity contribution in [3.63, 3.8) is 0 Å². The summed E-state index contributed by atoms with van der Waals surface area (Å²) < 4.78 is 44.1. The zero-order valence-electron chi connectivity index (χ0n) is 14.9. The number of amides is 1. The van der Waals surface area contributed by atoms with Crippen LogP contribution in [0.1, 0.15) is 13.3 Å². The number of hydrogen-bond donors (Lipinski definition) is 2. The van der Waals surface area contributed by atoms with Crippen molar-refractivity contribution in [1.82, 2.24) is 0 Å². The molecule has 2 aromatic carbocycles. The molecule has 3 rings (SSSR count). The molecule has 0 saturated carbocycles. The maximum atomic E-state index is 12.7. The predicted molar refractivity (Wildman–Crippen MR) is 100 cm³/mol. The summed E-state index contributed by atoms with van der Waals surface area (Å²) in [5.74, 6) is 1.17. The summed E-state index contributed by atoms with van der Waals surface area (Å²) in [6, 6.07) is 9.05. The second-order valence-electron chi connectivity index (χ2n) is 5.73. The van der Waals surface area contributed by atoms with Gasteiger partial charge in [-0.2, -0.15) is 0 Å². The van der Waals surface area contributed by atoms with E-state index < -0.39 is 10.0 Å². The SMILES string of the molecule is CCC(=O)Nc1cc(S(=O)(=O)Nc2ccc3c(c2)OCCO3)ccc1OC. The smallest absolute Gasteiger partial charge is 0.261 e. The van der Waals surface area contributed by atoms with Crippen molar-refractivity contribution >= 4 is 27.3 Å². The number of carbonyl (C=O) groups excluding carboxylic acids is 1. The van der Waals surface area contributed by atoms with Gasteiger partial charge < -0.3 is 19.5 Å². The number of methoxy groups -OCH3 is 1. The Balaban J connectivity index is 1.88. The van der Waals surface area contributed by atoms with Crippen molar-refractivity contribution in [2.75, 3.05) is 30.4 Å². The van der Waals surface area contributed by atoms with Crippen LogP contribution in [0.25, 0.3) is 0 Å². The summed E-state index contributed by atoms with van der Waals surface area (Å²) >= 11 is 0. The summed E-state index contributed by atoms with van der Waals surface area (Å²) in [5.41, 5.74) is 0.628. The number of rotatable bonds is 6. The first-order valence-corrected chi connectivity index (χ1v) is 9.81. The normalized spacial score (nSPS) is 13.0. The van der Waals surface area contributed by atoms with Gasteiger partial charge in [-0.25, -0.2) is 8.42 Å². The topological polar surface area (TPSA) is 103 Å². The van der Waals surface area contributed by atoms with E-state index in [1.165, 1.54) is 25.3 Å². The molecule has 144 valence electrons. The lowest BCUT2D eigenvalue weighted by Gasteiger charge is -2.19. The van der Waals surface area contributed by atoms with E-state index in [1.54, 1.807) is 25.1 Å². The van der Waals surface area contributed by atoms with E-state index in [2.05, 4.69) is 10.0 Å². The van der Waals surface area contributed by atoms with E-state index in [9.17, 15) is 13.2 Å². The minimum absolute atomic E-state index is 0.00964. The van der Waals surface area contributed by atoms with Crippen LogP contribution in [0.3, 0.4) is 0 Å². The minimum atomic E-state index is -3.88. The summed E-state index contributed by atoms with van der Waals surface area (Å²) in [7, 11) is -2.44. The van der Waals surface area contributed by atoms with Gasteiger partial charge in [0.2, 0.25) is 5.91 Å². The summed E-state index contributed by atoms with van der Waals surface area (Å²) in [4.78, 5) is 11.7. The van der Waals surface area contributed by atoms with Gasteiger partial charge in [0, 0.05) is 12.5 Å². The standard InChI is InChI=1S/C18H20N2O6S/c1-3-18(21)19-14-11-13(5-7-15(14)24-2)27(22,23)20-12-4-6-16-17(10-12)26-9-8-25-16/h4-7,10-11,20H,3,8-9H2,1-2H3,(H,19,21). The largest absolute Gasteiger partial charge is 0.495 e. The molecular weight excluding hydrogens is 372 g/mol. The monoisotopic (exact) mass is 392 g/mol. The predicted octanol–water partition coefficient (Wildman–Crippen LogP) is 2.62. The fraction of sp³-hybridized carbons (Fsp3) is 0.278. The Labute approximate surface area is 157 Å². The Morgan fingerprint density at radius 3 is 2.56 bits per heavy atom. The van der Waals surface area contributed by atoms with Crippen LogP contribution < -0.4 is 24.2 Å². The molecule has 0 unspecified atom stereocenters. The number of carbonyl (C=O) groups is 1. The van der Waals surface area contributed by atoms with Gasteiger partial charge in [0.15, 0.2) is 11.5 Å². The maximum Gasteiger partial charge on any atom is 0.261 e. The van der Waals surface area contributed by atoms with Crippen LogP contribution in [0.5, 0.6) is 17.2 Å². The molecule has 0 radical (unpaired) electrons. The number of hydrogen-bond acceptors (Lipinski definition) is 6. The summed E-state index contributed by atoms with van der Waals surface area (Å²) in [5, 5.41) is 2.64. The molecule has 2 aromatic rings. The highest BCUT2D eigenvalue weighted by Gasteiger charge is 2.19. The van der Waals surface area contributed by atoms with Crippen molar-refractivity contribution in [3.05, 3.63) is 36.4 Å². The highest BCUT2D eigenvalue weighted by Crippen LogP contribution is 2.34. The zero-order chi connectivity index (χ0) is 19.4. The van der Waals surface area contributed by atoms with Crippen LogP contribution in [0.4, 0.5) is 11.4 Å². The van der Waals surface area contributed by atoms with Crippen LogP contribution in [0.2, 0.25) is 0 Å². The molecular formula is C18H20N2O6S. The van der Waals surface area contributed by atoms with Crippen molar-refractivity contribution in [2.45, 2.75) is 18.2 Å². The molecule has 0 fully saturated rings. The average molecular weight is 392 g/mol. The van der Waals surface area contributed by atoms with E-state index in [0.717, 1.165) is 0 Å². The van der Waals surface area contributed by atoms with E-state index >= 15 is 0 Å². The lowest BCUT2D eigenvalue weighted by molar-refractivity contribution is -0.115. The lowest BCUT2D eigenvalue weighted by Crippen LogP contribution is -2.17. The Morgan fingerprint density at radius 2 is 1.85 bits per heavy atom. The van der Waals surface area contributed by atoms with Crippen LogP contribution in [-0.2, 0) is 14.8 Å². The molecule has 0 aromatic heterocycles. The summed E-state index contributed by atoms with van der Waals surface area (Å²) in [6.07, 6.45) is 0.260. The highest BCUT2D eigenvalue weighted by atomic mass is 32.2. The van der Waals surface area contributed by atoms with E-state index in [-0.39, 0.29) is 22.9 Å². The van der Waals surface area contributed by atoms with Gasteiger partial charge in [-0.1, -0.05) is 6.92 Å². The third-order valence-electron chi connectivity index (χ3n) is 3.87. The molecule has 2 N–H and O–H groups in total. The number of fused-ring (bicyclic) bond motifs is 1. The van der Waals surface area contributed by atoms with Gasteiger partial charge in [0.1, 0.15) is 19.0 Å². The fourth-order valence-corrected chi connectivity index (χ4v) is 3.59. The average Bonchev–Trinajstić information content (AvgIpc) is 2.67. The molecule has 0 bridgehead atoms. The Bertz CT molecular complexity index is 958. The number of nitrogens with one attached hydrogen (secondary N) is 2. The first kappa shape index (κ1) is 18.8. The van der Waals surface area contributed by atoms with Crippen molar-refractivity contribution in [1.29, 1.82) is 0 Å². The molecule has 1 amide bonds. The molecule has 0 spiro atoms. The second-order valence-corrected chi connectivity index (χ2v) is 7.41. The van der Waals surface area contributed by atoms with Gasteiger partial charge in [-0.05, 0) is 30.3 Å². The maximum absolute atomic E-state index is 12.7. The van der Waals surface area contributed by atoms with Crippen molar-refractivity contribution < 1.29 is 27.4 Å². The second kappa shape index (κ2) is 7.75. The molecule has 0 aliphatic carbocycles. The molecule has 9 heteroatoms. The first-order valence-electron chi connectivity index (χ1n) is 8.33. The zero-order valence-corrected chi connectivity index (χ0v) is 15.8. The molecule has 0 saturated heterocycles. The lowest BCUT2D eigenvalue weighted by atomic mass is 10.3. The molecule has 0 atom stereocenters. The quantitative estimate of drug-likeness (QED) is 0.783. The number of anilines is 2. The van der Waals surface area contributed by atoms with Crippen molar-refractivity contribution in [3.8, 4) is 17.2 Å². The van der Waals surface area contributed by atoms with Gasteiger partial charge in [0.05, 0.1) is 23.4 Å². The van der Waals surface area contributed by atoms with Gasteiger partial charge in [0.25, 0.3) is 10.0 Å². The van der Waals surface area contributed by atoms with Crippen LogP contribution in [0, 0.1) is 0 Å². The Kier molecular flexibility index (Phi) is 5.41. The van der Waals surface area contributed by atoms with Crippen LogP contribution in [-0.4, -0.2) is 34.6 Å². The van der Waals surface area contributed by atoms with Crippen LogP contribution in [0.15, 0.2) is 41.3 Å². The van der Waals surface area contributed by atoms with Gasteiger partial charge in [-0.15, -0.1) is 0 Å². The number of sulfonamides is 1. The van der Waals surface area contributed by atoms with Gasteiger partial charge in [-0.3, -0.25) is 9.52 Å². The Morgan fingerprint density at radius 1 is 1.11 bits per heavy atom. The minimum Gasteiger partial charge on any atom is -0.495 e. The van der Waals surface area contributed by atoms with E-state index in [1.807, 2.05) is 0 Å². The van der Waals surface area contributed by atoms with E-state index in [0.29, 0.717) is 36.1 Å². The first-order chi connectivity index (χ1) is 12.9. The number of ether oxygens (including phenoxy) is 3. The highest BCUT2D eigenvalue weighted by molar-refractivity contribution is 7.92. The van der Waals surface area contributed by atoms with Crippen LogP contribution >= 0.6 is 0 Å². The molecule has 1 aliphatic heterocycles. The molecule has 27 heavy (non-hydrogen) atoms. The third kappa shape index (κ3) is 4.25. The van der Waals surface area contributed by atoms with E-state index in [4.69, 9.17) is 14.2 Å². The molecule has 8 nitrogen and oxygen atoms in total. The van der Waals surface area contributed by atoms with Crippen molar-refractivity contribution in [2.24, 2.45) is 0 Å². The van der Waals surface area contributed by atoms with Gasteiger partial charge >= 0.3 is 0 Å². The fourth-order valence-electron chi connectivity index (χ4n) is 2.51. The Hall–Kier alpha value is -2.94. The molecule has 1 aliphatic rings. The number of benzene rings is 2. The summed E-state index contributed by atoms with van der Waals surface area (Å²) in [6.45, 7) is 2.56.